The van der Waals surface area contributed by atoms with Crippen LogP contribution in [0.2, 0.25) is 0 Å². The SMILES string of the molecule is COc1cc(/C=C2\SC(N3CCN(Cc4ccccc4)CC3)=NC2=O)ccc1O. The van der Waals surface area contributed by atoms with Crippen molar-refractivity contribution in [3.05, 3.63) is 64.6 Å². The van der Waals surface area contributed by atoms with Gasteiger partial charge in [-0.05, 0) is 41.1 Å². The van der Waals surface area contributed by atoms with Crippen LogP contribution >= 0.6 is 11.8 Å². The van der Waals surface area contributed by atoms with E-state index in [2.05, 4.69) is 39.1 Å². The Morgan fingerprint density at radius 3 is 2.62 bits per heavy atom. The molecule has 0 aliphatic carbocycles. The fraction of sp³-hybridized carbons (Fsp3) is 0.273. The van der Waals surface area contributed by atoms with E-state index in [1.54, 1.807) is 24.3 Å². The van der Waals surface area contributed by atoms with Crippen molar-refractivity contribution in [2.24, 2.45) is 4.99 Å². The zero-order valence-corrected chi connectivity index (χ0v) is 17.1. The lowest BCUT2D eigenvalue weighted by atomic mass is 10.2. The Hall–Kier alpha value is -2.77. The van der Waals surface area contributed by atoms with Gasteiger partial charge >= 0.3 is 0 Å². The molecule has 0 radical (unpaired) electrons. The predicted octanol–water partition coefficient (Wildman–Crippen LogP) is 3.19. The van der Waals surface area contributed by atoms with Crippen LogP contribution in [-0.2, 0) is 11.3 Å². The molecule has 1 amide bonds. The van der Waals surface area contributed by atoms with Gasteiger partial charge in [0.1, 0.15) is 0 Å². The van der Waals surface area contributed by atoms with E-state index in [-0.39, 0.29) is 11.7 Å². The van der Waals surface area contributed by atoms with Crippen LogP contribution in [0.1, 0.15) is 11.1 Å². The van der Waals surface area contributed by atoms with Gasteiger partial charge in [-0.1, -0.05) is 36.4 Å². The number of hydrogen-bond donors (Lipinski definition) is 1. The molecule has 150 valence electrons. The molecule has 1 fully saturated rings. The van der Waals surface area contributed by atoms with Crippen LogP contribution in [0.3, 0.4) is 0 Å². The summed E-state index contributed by atoms with van der Waals surface area (Å²) in [7, 11) is 1.50. The number of piperazine rings is 1. The third kappa shape index (κ3) is 4.63. The average Bonchev–Trinajstić information content (AvgIpc) is 3.11. The molecule has 2 heterocycles. The van der Waals surface area contributed by atoms with Gasteiger partial charge in [0, 0.05) is 32.7 Å². The molecule has 2 aromatic rings. The Morgan fingerprint density at radius 1 is 1.14 bits per heavy atom. The first-order chi connectivity index (χ1) is 14.1. The number of hydrogen-bond acceptors (Lipinski definition) is 6. The van der Waals surface area contributed by atoms with E-state index in [9.17, 15) is 9.90 Å². The maximum atomic E-state index is 12.4. The molecule has 2 aromatic carbocycles. The normalized spacial score (nSPS) is 18.9. The molecule has 2 aliphatic rings. The van der Waals surface area contributed by atoms with Crippen molar-refractivity contribution in [1.29, 1.82) is 0 Å². The van der Waals surface area contributed by atoms with Gasteiger partial charge in [0.05, 0.1) is 12.0 Å². The number of methoxy groups -OCH3 is 1. The van der Waals surface area contributed by atoms with Crippen LogP contribution in [0.5, 0.6) is 11.5 Å². The smallest absolute Gasteiger partial charge is 0.286 e. The Bertz CT molecular complexity index is 951. The molecule has 0 aromatic heterocycles. The largest absolute Gasteiger partial charge is 0.504 e. The lowest BCUT2D eigenvalue weighted by molar-refractivity contribution is -0.113. The van der Waals surface area contributed by atoms with E-state index in [4.69, 9.17) is 4.74 Å². The standard InChI is InChI=1S/C22H23N3O3S/c1-28-19-13-17(7-8-18(19)26)14-20-21(27)23-22(29-20)25-11-9-24(10-12-25)15-16-5-3-2-4-6-16/h2-8,13-14,26H,9-12,15H2,1H3/b20-14-. The summed E-state index contributed by atoms with van der Waals surface area (Å²) < 4.78 is 5.13. The van der Waals surface area contributed by atoms with E-state index in [0.717, 1.165) is 43.5 Å². The van der Waals surface area contributed by atoms with Crippen LogP contribution in [0.4, 0.5) is 0 Å². The highest BCUT2D eigenvalue weighted by atomic mass is 32.2. The quantitative estimate of drug-likeness (QED) is 0.783. The molecule has 29 heavy (non-hydrogen) atoms. The molecular formula is C22H23N3O3S. The molecule has 0 saturated carbocycles. The number of aliphatic imine (C=N–C) groups is 1. The first-order valence-electron chi connectivity index (χ1n) is 9.53. The maximum absolute atomic E-state index is 12.4. The number of phenols is 1. The van der Waals surface area contributed by atoms with Gasteiger partial charge in [-0.15, -0.1) is 0 Å². The van der Waals surface area contributed by atoms with Crippen molar-refractivity contribution in [3.63, 3.8) is 0 Å². The molecule has 6 nitrogen and oxygen atoms in total. The molecule has 0 unspecified atom stereocenters. The zero-order valence-electron chi connectivity index (χ0n) is 16.2. The van der Waals surface area contributed by atoms with Crippen LogP contribution in [0.15, 0.2) is 58.4 Å². The molecule has 0 atom stereocenters. The lowest BCUT2D eigenvalue weighted by Crippen LogP contribution is -2.47. The number of aromatic hydroxyl groups is 1. The fourth-order valence-corrected chi connectivity index (χ4v) is 4.37. The number of amides is 1. The maximum Gasteiger partial charge on any atom is 0.286 e. The first-order valence-corrected chi connectivity index (χ1v) is 10.3. The summed E-state index contributed by atoms with van der Waals surface area (Å²) >= 11 is 1.41. The van der Waals surface area contributed by atoms with Crippen molar-refractivity contribution >= 4 is 28.9 Å². The Morgan fingerprint density at radius 2 is 1.90 bits per heavy atom. The summed E-state index contributed by atoms with van der Waals surface area (Å²) in [6.45, 7) is 4.54. The molecular weight excluding hydrogens is 386 g/mol. The highest BCUT2D eigenvalue weighted by molar-refractivity contribution is 8.18. The Balaban J connectivity index is 1.36. The van der Waals surface area contributed by atoms with Gasteiger partial charge in [0.15, 0.2) is 16.7 Å². The number of thioether (sulfide) groups is 1. The number of carbonyl (C=O) groups excluding carboxylic acids is 1. The second kappa shape index (κ2) is 8.71. The van der Waals surface area contributed by atoms with Gasteiger partial charge in [-0.3, -0.25) is 9.69 Å². The minimum absolute atomic E-state index is 0.0744. The topological polar surface area (TPSA) is 65.4 Å². The second-order valence-corrected chi connectivity index (χ2v) is 8.00. The number of nitrogens with zero attached hydrogens (tertiary/aromatic N) is 3. The third-order valence-corrected chi connectivity index (χ3v) is 6.05. The average molecular weight is 410 g/mol. The third-order valence-electron chi connectivity index (χ3n) is 5.00. The van der Waals surface area contributed by atoms with Crippen LogP contribution in [0, 0.1) is 0 Å². The molecule has 2 aliphatic heterocycles. The van der Waals surface area contributed by atoms with Crippen LogP contribution in [0.25, 0.3) is 6.08 Å². The lowest BCUT2D eigenvalue weighted by Gasteiger charge is -2.35. The molecule has 4 rings (SSSR count). The van der Waals surface area contributed by atoms with Crippen molar-refractivity contribution in [1.82, 2.24) is 9.80 Å². The van der Waals surface area contributed by atoms with Gasteiger partial charge in [-0.25, -0.2) is 0 Å². The second-order valence-electron chi connectivity index (χ2n) is 6.99. The highest BCUT2D eigenvalue weighted by Crippen LogP contribution is 2.33. The van der Waals surface area contributed by atoms with E-state index < -0.39 is 0 Å². The number of carbonyl (C=O) groups is 1. The molecule has 0 bridgehead atoms. The summed E-state index contributed by atoms with van der Waals surface area (Å²) in [5.41, 5.74) is 2.11. The summed E-state index contributed by atoms with van der Waals surface area (Å²) in [5, 5.41) is 10.5. The van der Waals surface area contributed by atoms with E-state index in [0.29, 0.717) is 10.7 Å². The highest BCUT2D eigenvalue weighted by Gasteiger charge is 2.28. The minimum atomic E-state index is -0.219. The Kier molecular flexibility index (Phi) is 5.87. The van der Waals surface area contributed by atoms with Gasteiger partial charge in [0.2, 0.25) is 0 Å². The minimum Gasteiger partial charge on any atom is -0.504 e. The van der Waals surface area contributed by atoms with E-state index >= 15 is 0 Å². The zero-order chi connectivity index (χ0) is 20.2. The molecule has 7 heteroatoms. The summed E-state index contributed by atoms with van der Waals surface area (Å²) in [6, 6.07) is 15.5. The number of amidine groups is 1. The van der Waals surface area contributed by atoms with Gasteiger partial charge in [0.25, 0.3) is 5.91 Å². The van der Waals surface area contributed by atoms with Crippen LogP contribution < -0.4 is 4.74 Å². The number of rotatable bonds is 4. The first kappa shape index (κ1) is 19.5. The van der Waals surface area contributed by atoms with E-state index in [1.807, 2.05) is 6.07 Å². The predicted molar refractivity (Wildman–Crippen MR) is 116 cm³/mol. The number of ether oxygens (including phenoxy) is 1. The van der Waals surface area contributed by atoms with E-state index in [1.165, 1.54) is 24.4 Å². The monoisotopic (exact) mass is 409 g/mol. The fourth-order valence-electron chi connectivity index (χ4n) is 3.41. The summed E-state index contributed by atoms with van der Waals surface area (Å²) in [5.74, 6) is 0.236. The van der Waals surface area contributed by atoms with Crippen molar-refractivity contribution in [2.45, 2.75) is 6.54 Å². The molecule has 1 N–H and O–H groups in total. The van der Waals surface area contributed by atoms with Gasteiger partial charge < -0.3 is 14.7 Å². The number of benzene rings is 2. The molecule has 0 spiro atoms. The molecule has 1 saturated heterocycles. The summed E-state index contributed by atoms with van der Waals surface area (Å²) in [6.07, 6.45) is 1.79. The van der Waals surface area contributed by atoms with Crippen molar-refractivity contribution in [3.8, 4) is 11.5 Å². The van der Waals surface area contributed by atoms with Crippen molar-refractivity contribution < 1.29 is 14.6 Å². The van der Waals surface area contributed by atoms with Gasteiger partial charge in [-0.2, -0.15) is 4.99 Å². The summed E-state index contributed by atoms with van der Waals surface area (Å²) in [4.78, 5) is 21.8. The Labute approximate surface area is 174 Å². The van der Waals surface area contributed by atoms with Crippen LogP contribution in [-0.4, -0.2) is 59.3 Å². The number of phenolic OH excluding ortho intramolecular Hbond substituents is 1. The van der Waals surface area contributed by atoms with Crippen molar-refractivity contribution in [2.75, 3.05) is 33.3 Å².